The lowest BCUT2D eigenvalue weighted by atomic mass is 10.1. The molecule has 0 bridgehead atoms. The number of carbonyl (C=O) groups is 1. The van der Waals surface area contributed by atoms with Crippen LogP contribution >= 0.6 is 0 Å². The highest BCUT2D eigenvalue weighted by Gasteiger charge is 2.13. The van der Waals surface area contributed by atoms with Crippen LogP contribution in [-0.2, 0) is 4.79 Å². The molecule has 0 spiro atoms. The summed E-state index contributed by atoms with van der Waals surface area (Å²) >= 11 is 0. The number of benzene rings is 2. The van der Waals surface area contributed by atoms with E-state index < -0.39 is 6.10 Å². The van der Waals surface area contributed by atoms with Gasteiger partial charge in [0, 0.05) is 0 Å². The van der Waals surface area contributed by atoms with Crippen molar-refractivity contribution in [2.45, 2.75) is 13.0 Å². The van der Waals surface area contributed by atoms with Crippen LogP contribution < -0.4 is 10.2 Å². The SMILES string of the molecule is C[C@@H](Oc1ccc(-c2ccccc2)cc1)C(=O)N/N=C\c1ccco1. The van der Waals surface area contributed by atoms with Crippen molar-refractivity contribution in [3.63, 3.8) is 0 Å². The van der Waals surface area contributed by atoms with E-state index in [1.807, 2.05) is 54.6 Å². The fourth-order valence-corrected chi connectivity index (χ4v) is 2.23. The molecular formula is C20H18N2O3. The zero-order valence-corrected chi connectivity index (χ0v) is 13.8. The first kappa shape index (κ1) is 16.5. The molecule has 5 nitrogen and oxygen atoms in total. The van der Waals surface area contributed by atoms with Crippen molar-refractivity contribution >= 4 is 12.1 Å². The summed E-state index contributed by atoms with van der Waals surface area (Å²) in [6, 6.07) is 21.2. The summed E-state index contributed by atoms with van der Waals surface area (Å²) in [7, 11) is 0. The molecule has 126 valence electrons. The summed E-state index contributed by atoms with van der Waals surface area (Å²) in [6.07, 6.45) is 2.30. The van der Waals surface area contributed by atoms with Crippen molar-refractivity contribution in [1.82, 2.24) is 5.43 Å². The molecule has 0 aliphatic rings. The second-order valence-corrected chi connectivity index (χ2v) is 5.40. The average molecular weight is 334 g/mol. The summed E-state index contributed by atoms with van der Waals surface area (Å²) in [4.78, 5) is 12.0. The summed E-state index contributed by atoms with van der Waals surface area (Å²) in [5.74, 6) is 0.845. The van der Waals surface area contributed by atoms with Gasteiger partial charge in [-0.15, -0.1) is 0 Å². The minimum Gasteiger partial charge on any atom is -0.481 e. The van der Waals surface area contributed by atoms with E-state index in [9.17, 15) is 4.79 Å². The van der Waals surface area contributed by atoms with Gasteiger partial charge in [-0.1, -0.05) is 42.5 Å². The summed E-state index contributed by atoms with van der Waals surface area (Å²) in [5, 5.41) is 3.83. The standard InChI is InChI=1S/C20H18N2O3/c1-15(20(23)22-21-14-19-8-5-13-24-19)25-18-11-9-17(10-12-18)16-6-3-2-4-7-16/h2-15H,1H3,(H,22,23)/b21-14-/t15-/m1/s1. The minimum absolute atomic E-state index is 0.338. The first-order chi connectivity index (χ1) is 12.2. The molecule has 1 heterocycles. The van der Waals surface area contributed by atoms with Gasteiger partial charge < -0.3 is 9.15 Å². The molecule has 3 rings (SSSR count). The van der Waals surface area contributed by atoms with Crippen molar-refractivity contribution in [2.24, 2.45) is 5.10 Å². The maximum Gasteiger partial charge on any atom is 0.280 e. The Balaban J connectivity index is 1.55. The van der Waals surface area contributed by atoms with Crippen molar-refractivity contribution in [3.8, 4) is 16.9 Å². The minimum atomic E-state index is -0.670. The number of carbonyl (C=O) groups excluding carboxylic acids is 1. The molecule has 1 N–H and O–H groups in total. The van der Waals surface area contributed by atoms with Crippen LogP contribution in [-0.4, -0.2) is 18.2 Å². The average Bonchev–Trinajstić information content (AvgIpc) is 3.16. The Kier molecular flexibility index (Phi) is 5.26. The summed E-state index contributed by atoms with van der Waals surface area (Å²) < 4.78 is 10.7. The number of hydrogen-bond acceptors (Lipinski definition) is 4. The van der Waals surface area contributed by atoms with E-state index in [4.69, 9.17) is 9.15 Å². The molecule has 0 aliphatic heterocycles. The predicted octanol–water partition coefficient (Wildman–Crippen LogP) is 3.86. The molecular weight excluding hydrogens is 316 g/mol. The molecule has 1 amide bonds. The van der Waals surface area contributed by atoms with Crippen LogP contribution in [0.2, 0.25) is 0 Å². The van der Waals surface area contributed by atoms with Crippen LogP contribution in [0.3, 0.4) is 0 Å². The predicted molar refractivity (Wildman–Crippen MR) is 96.4 cm³/mol. The van der Waals surface area contributed by atoms with Crippen molar-refractivity contribution in [2.75, 3.05) is 0 Å². The van der Waals surface area contributed by atoms with Crippen LogP contribution in [0, 0.1) is 0 Å². The van der Waals surface area contributed by atoms with Crippen LogP contribution in [0.1, 0.15) is 12.7 Å². The Hall–Kier alpha value is -3.34. The number of amides is 1. The van der Waals surface area contributed by atoms with Crippen LogP contribution in [0.4, 0.5) is 0 Å². The van der Waals surface area contributed by atoms with Gasteiger partial charge in [0.15, 0.2) is 6.10 Å². The van der Waals surface area contributed by atoms with Gasteiger partial charge in [-0.2, -0.15) is 5.10 Å². The second kappa shape index (κ2) is 7.97. The van der Waals surface area contributed by atoms with Gasteiger partial charge in [0.1, 0.15) is 11.5 Å². The molecule has 0 saturated carbocycles. The number of nitrogens with zero attached hydrogens (tertiary/aromatic N) is 1. The van der Waals surface area contributed by atoms with Gasteiger partial charge in [-0.3, -0.25) is 4.79 Å². The molecule has 0 aliphatic carbocycles. The number of hydrogen-bond donors (Lipinski definition) is 1. The highest BCUT2D eigenvalue weighted by Crippen LogP contribution is 2.22. The Morgan fingerprint density at radius 2 is 1.76 bits per heavy atom. The van der Waals surface area contributed by atoms with Crippen molar-refractivity contribution in [3.05, 3.63) is 78.8 Å². The van der Waals surface area contributed by atoms with Gasteiger partial charge in [-0.25, -0.2) is 5.43 Å². The molecule has 5 heteroatoms. The number of nitrogens with one attached hydrogen (secondary N) is 1. The largest absolute Gasteiger partial charge is 0.481 e. The molecule has 2 aromatic carbocycles. The number of furan rings is 1. The van der Waals surface area contributed by atoms with Gasteiger partial charge in [0.25, 0.3) is 5.91 Å². The Labute approximate surface area is 145 Å². The van der Waals surface area contributed by atoms with Crippen LogP contribution in [0.15, 0.2) is 82.5 Å². The van der Waals surface area contributed by atoms with Gasteiger partial charge in [0.2, 0.25) is 0 Å². The quantitative estimate of drug-likeness (QED) is 0.550. The maximum absolute atomic E-state index is 12.0. The van der Waals surface area contributed by atoms with E-state index in [1.54, 1.807) is 19.1 Å². The monoisotopic (exact) mass is 334 g/mol. The van der Waals surface area contributed by atoms with E-state index in [-0.39, 0.29) is 5.91 Å². The van der Waals surface area contributed by atoms with Gasteiger partial charge in [-0.05, 0) is 42.3 Å². The second-order valence-electron chi connectivity index (χ2n) is 5.40. The zero-order chi connectivity index (χ0) is 17.5. The third-order valence-electron chi connectivity index (χ3n) is 3.55. The van der Waals surface area contributed by atoms with E-state index >= 15 is 0 Å². The van der Waals surface area contributed by atoms with Gasteiger partial charge >= 0.3 is 0 Å². The fraction of sp³-hybridized carbons (Fsp3) is 0.100. The van der Waals surface area contributed by atoms with Crippen molar-refractivity contribution in [1.29, 1.82) is 0 Å². The lowest BCUT2D eigenvalue weighted by Gasteiger charge is -2.13. The Bertz CT molecular complexity index is 825. The molecule has 1 aromatic heterocycles. The van der Waals surface area contributed by atoms with E-state index in [0.717, 1.165) is 11.1 Å². The summed E-state index contributed by atoms with van der Waals surface area (Å²) in [6.45, 7) is 1.67. The number of rotatable bonds is 6. The molecule has 0 radical (unpaired) electrons. The number of hydrazone groups is 1. The lowest BCUT2D eigenvalue weighted by Crippen LogP contribution is -2.33. The van der Waals surface area contributed by atoms with E-state index in [1.165, 1.54) is 12.5 Å². The Morgan fingerprint density at radius 3 is 2.44 bits per heavy atom. The van der Waals surface area contributed by atoms with Crippen LogP contribution in [0.25, 0.3) is 11.1 Å². The maximum atomic E-state index is 12.0. The molecule has 1 atom stereocenters. The zero-order valence-electron chi connectivity index (χ0n) is 13.8. The molecule has 0 unspecified atom stereocenters. The van der Waals surface area contributed by atoms with E-state index in [0.29, 0.717) is 11.5 Å². The third kappa shape index (κ3) is 4.57. The molecule has 25 heavy (non-hydrogen) atoms. The molecule has 3 aromatic rings. The van der Waals surface area contributed by atoms with E-state index in [2.05, 4.69) is 10.5 Å². The normalized spacial score (nSPS) is 12.0. The Morgan fingerprint density at radius 1 is 1.04 bits per heavy atom. The molecule has 0 fully saturated rings. The van der Waals surface area contributed by atoms with Gasteiger partial charge in [0.05, 0.1) is 12.5 Å². The first-order valence-corrected chi connectivity index (χ1v) is 7.91. The highest BCUT2D eigenvalue weighted by molar-refractivity contribution is 5.83. The first-order valence-electron chi connectivity index (χ1n) is 7.91. The summed E-state index contributed by atoms with van der Waals surface area (Å²) in [5.41, 5.74) is 4.65. The third-order valence-corrected chi connectivity index (χ3v) is 3.55. The fourth-order valence-electron chi connectivity index (χ4n) is 2.23. The highest BCUT2D eigenvalue weighted by atomic mass is 16.5. The topological polar surface area (TPSA) is 63.8 Å². The number of ether oxygens (including phenoxy) is 1. The van der Waals surface area contributed by atoms with Crippen LogP contribution in [0.5, 0.6) is 5.75 Å². The smallest absolute Gasteiger partial charge is 0.280 e. The van der Waals surface area contributed by atoms with Crippen molar-refractivity contribution < 1.29 is 13.9 Å². The lowest BCUT2D eigenvalue weighted by molar-refractivity contribution is -0.127. The molecule has 0 saturated heterocycles.